The van der Waals surface area contributed by atoms with Crippen molar-refractivity contribution in [2.45, 2.75) is 32.3 Å². The normalized spacial score (nSPS) is 18.6. The Kier molecular flexibility index (Phi) is 5.75. The summed E-state index contributed by atoms with van der Waals surface area (Å²) in [4.78, 5) is 25.3. The number of nitrogens with zero attached hydrogens (tertiary/aromatic N) is 1. The van der Waals surface area contributed by atoms with E-state index in [9.17, 15) is 9.59 Å². The van der Waals surface area contributed by atoms with Crippen LogP contribution >= 0.6 is 0 Å². The van der Waals surface area contributed by atoms with Crippen molar-refractivity contribution in [3.8, 4) is 0 Å². The molecule has 5 heteroatoms. The first-order valence-electron chi connectivity index (χ1n) is 7.44. The molecule has 1 aliphatic rings. The van der Waals surface area contributed by atoms with Gasteiger partial charge >= 0.3 is 0 Å². The van der Waals surface area contributed by atoms with E-state index in [0.29, 0.717) is 19.5 Å². The van der Waals surface area contributed by atoms with Crippen LogP contribution in [0.4, 0.5) is 5.69 Å². The Hall–Kier alpha value is -1.88. The highest BCUT2D eigenvalue weighted by molar-refractivity contribution is 5.94. The number of para-hydroxylation sites is 1. The molecule has 1 saturated heterocycles. The standard InChI is InChI=1S/C16H22N2O3/c1-2-3-9-15(19)17-10-14-11-18(16(20)12-21-14)13-7-5-4-6-8-13/h4-8,14H,2-3,9-12H2,1H3,(H,17,19). The Morgan fingerprint density at radius 1 is 1.38 bits per heavy atom. The first-order valence-corrected chi connectivity index (χ1v) is 7.44. The van der Waals surface area contributed by atoms with Gasteiger partial charge in [-0.1, -0.05) is 31.5 Å². The lowest BCUT2D eigenvalue weighted by molar-refractivity contribution is -0.129. The summed E-state index contributed by atoms with van der Waals surface area (Å²) in [6.07, 6.45) is 2.29. The Bertz CT molecular complexity index is 476. The molecule has 1 aromatic carbocycles. The van der Waals surface area contributed by atoms with Gasteiger partial charge in [0.05, 0.1) is 12.6 Å². The van der Waals surface area contributed by atoms with Gasteiger partial charge in [-0.15, -0.1) is 0 Å². The van der Waals surface area contributed by atoms with Crippen molar-refractivity contribution in [2.24, 2.45) is 0 Å². The largest absolute Gasteiger partial charge is 0.365 e. The van der Waals surface area contributed by atoms with Crippen LogP contribution in [0.3, 0.4) is 0 Å². The maximum atomic E-state index is 11.9. The van der Waals surface area contributed by atoms with Gasteiger partial charge < -0.3 is 15.0 Å². The molecule has 1 fully saturated rings. The fourth-order valence-electron chi connectivity index (χ4n) is 2.26. The van der Waals surface area contributed by atoms with E-state index < -0.39 is 0 Å². The number of morpholine rings is 1. The third-order valence-corrected chi connectivity index (χ3v) is 3.48. The quantitative estimate of drug-likeness (QED) is 0.868. The number of anilines is 1. The highest BCUT2D eigenvalue weighted by Crippen LogP contribution is 2.17. The molecule has 0 bridgehead atoms. The number of carbonyl (C=O) groups is 2. The minimum absolute atomic E-state index is 0.0450. The molecule has 1 atom stereocenters. The van der Waals surface area contributed by atoms with Gasteiger partial charge in [0.15, 0.2) is 0 Å². The zero-order chi connectivity index (χ0) is 15.1. The molecule has 1 N–H and O–H groups in total. The Morgan fingerprint density at radius 2 is 2.14 bits per heavy atom. The predicted molar refractivity (Wildman–Crippen MR) is 81.1 cm³/mol. The third-order valence-electron chi connectivity index (χ3n) is 3.48. The molecule has 1 aliphatic heterocycles. The third kappa shape index (κ3) is 4.56. The van der Waals surface area contributed by atoms with E-state index in [2.05, 4.69) is 12.2 Å². The molecule has 1 unspecified atom stereocenters. The molecular formula is C16H22N2O3. The average Bonchev–Trinajstić information content (AvgIpc) is 2.53. The summed E-state index contributed by atoms with van der Waals surface area (Å²) in [6.45, 7) is 3.03. The van der Waals surface area contributed by atoms with Crippen LogP contribution in [0.5, 0.6) is 0 Å². The lowest BCUT2D eigenvalue weighted by atomic mass is 10.2. The van der Waals surface area contributed by atoms with Crippen LogP contribution in [0.2, 0.25) is 0 Å². The second kappa shape index (κ2) is 7.78. The summed E-state index contributed by atoms with van der Waals surface area (Å²) in [5.74, 6) is -0.00151. The van der Waals surface area contributed by atoms with Gasteiger partial charge in [0.25, 0.3) is 5.91 Å². The van der Waals surface area contributed by atoms with Crippen molar-refractivity contribution in [1.82, 2.24) is 5.32 Å². The van der Waals surface area contributed by atoms with Gasteiger partial charge in [-0.3, -0.25) is 9.59 Å². The van der Waals surface area contributed by atoms with E-state index in [4.69, 9.17) is 4.74 Å². The molecule has 0 aromatic heterocycles. The molecule has 0 aliphatic carbocycles. The number of carbonyl (C=O) groups excluding carboxylic acids is 2. The van der Waals surface area contributed by atoms with Gasteiger partial charge in [0.1, 0.15) is 6.61 Å². The number of hydrogen-bond acceptors (Lipinski definition) is 3. The van der Waals surface area contributed by atoms with E-state index in [1.165, 1.54) is 0 Å². The van der Waals surface area contributed by atoms with Crippen LogP contribution in [0, 0.1) is 0 Å². The van der Waals surface area contributed by atoms with Crippen LogP contribution in [0.25, 0.3) is 0 Å². The molecule has 1 heterocycles. The summed E-state index contributed by atoms with van der Waals surface area (Å²) in [5, 5.41) is 2.87. The monoisotopic (exact) mass is 290 g/mol. The average molecular weight is 290 g/mol. The van der Waals surface area contributed by atoms with Crippen LogP contribution in [0.1, 0.15) is 26.2 Å². The molecule has 114 valence electrons. The fourth-order valence-corrected chi connectivity index (χ4v) is 2.26. The van der Waals surface area contributed by atoms with E-state index in [0.717, 1.165) is 18.5 Å². The fraction of sp³-hybridized carbons (Fsp3) is 0.500. The lowest BCUT2D eigenvalue weighted by Gasteiger charge is -2.32. The second-order valence-corrected chi connectivity index (χ2v) is 5.18. The van der Waals surface area contributed by atoms with Crippen molar-refractivity contribution in [1.29, 1.82) is 0 Å². The predicted octanol–water partition coefficient (Wildman–Crippen LogP) is 1.72. The lowest BCUT2D eigenvalue weighted by Crippen LogP contribution is -2.50. The zero-order valence-corrected chi connectivity index (χ0v) is 12.4. The number of amides is 2. The molecule has 0 spiro atoms. The maximum absolute atomic E-state index is 11.9. The Balaban J connectivity index is 1.86. The van der Waals surface area contributed by atoms with Crippen molar-refractivity contribution in [3.63, 3.8) is 0 Å². The second-order valence-electron chi connectivity index (χ2n) is 5.18. The Labute approximate surface area is 125 Å². The molecule has 0 saturated carbocycles. The van der Waals surface area contributed by atoms with Gasteiger partial charge in [0.2, 0.25) is 5.91 Å². The van der Waals surface area contributed by atoms with Gasteiger partial charge in [-0.25, -0.2) is 0 Å². The van der Waals surface area contributed by atoms with Gasteiger partial charge in [0, 0.05) is 18.7 Å². The minimum atomic E-state index is -0.159. The van der Waals surface area contributed by atoms with Crippen molar-refractivity contribution >= 4 is 17.5 Å². The van der Waals surface area contributed by atoms with Crippen LogP contribution < -0.4 is 10.2 Å². The summed E-state index contributed by atoms with van der Waals surface area (Å²) in [5.41, 5.74) is 0.869. The number of rotatable bonds is 6. The highest BCUT2D eigenvalue weighted by atomic mass is 16.5. The summed E-state index contributed by atoms with van der Waals surface area (Å²) in [6, 6.07) is 9.53. The van der Waals surface area contributed by atoms with Crippen LogP contribution in [0.15, 0.2) is 30.3 Å². The highest BCUT2D eigenvalue weighted by Gasteiger charge is 2.27. The van der Waals surface area contributed by atoms with Crippen molar-refractivity contribution in [2.75, 3.05) is 24.6 Å². The van der Waals surface area contributed by atoms with E-state index in [1.54, 1.807) is 4.90 Å². The summed E-state index contributed by atoms with van der Waals surface area (Å²) in [7, 11) is 0. The van der Waals surface area contributed by atoms with Gasteiger partial charge in [-0.05, 0) is 18.6 Å². The number of hydrogen-bond donors (Lipinski definition) is 1. The number of benzene rings is 1. The minimum Gasteiger partial charge on any atom is -0.365 e. The molecule has 1 aromatic rings. The maximum Gasteiger partial charge on any atom is 0.253 e. The smallest absolute Gasteiger partial charge is 0.253 e. The summed E-state index contributed by atoms with van der Waals surface area (Å²) >= 11 is 0. The number of unbranched alkanes of at least 4 members (excludes halogenated alkanes) is 1. The molecule has 21 heavy (non-hydrogen) atoms. The first kappa shape index (κ1) is 15.5. The molecule has 5 nitrogen and oxygen atoms in total. The number of ether oxygens (including phenoxy) is 1. The van der Waals surface area contributed by atoms with Crippen molar-refractivity contribution < 1.29 is 14.3 Å². The summed E-state index contributed by atoms with van der Waals surface area (Å²) < 4.78 is 5.49. The van der Waals surface area contributed by atoms with Crippen molar-refractivity contribution in [3.05, 3.63) is 30.3 Å². The molecule has 2 amide bonds. The number of nitrogens with one attached hydrogen (secondary N) is 1. The Morgan fingerprint density at radius 3 is 2.86 bits per heavy atom. The molecular weight excluding hydrogens is 268 g/mol. The van der Waals surface area contributed by atoms with Crippen LogP contribution in [-0.4, -0.2) is 37.6 Å². The topological polar surface area (TPSA) is 58.6 Å². The molecule has 0 radical (unpaired) electrons. The van der Waals surface area contributed by atoms with E-state index in [1.807, 2.05) is 30.3 Å². The zero-order valence-electron chi connectivity index (χ0n) is 12.4. The first-order chi connectivity index (χ1) is 10.2. The van der Waals surface area contributed by atoms with Gasteiger partial charge in [-0.2, -0.15) is 0 Å². The van der Waals surface area contributed by atoms with E-state index >= 15 is 0 Å². The SMILES string of the molecule is CCCCC(=O)NCC1CN(c2ccccc2)C(=O)CO1. The molecule has 2 rings (SSSR count). The van der Waals surface area contributed by atoms with Crippen LogP contribution in [-0.2, 0) is 14.3 Å². The van der Waals surface area contributed by atoms with E-state index in [-0.39, 0.29) is 24.5 Å².